The van der Waals surface area contributed by atoms with Crippen molar-refractivity contribution in [2.75, 3.05) is 0 Å². The Morgan fingerprint density at radius 2 is 2.19 bits per heavy atom. The first-order valence-corrected chi connectivity index (χ1v) is 5.18. The van der Waals surface area contributed by atoms with Gasteiger partial charge < -0.3 is 9.47 Å². The van der Waals surface area contributed by atoms with Gasteiger partial charge in [0.15, 0.2) is 0 Å². The lowest BCUT2D eigenvalue weighted by Crippen LogP contribution is -2.23. The van der Waals surface area contributed by atoms with Gasteiger partial charge in [-0.15, -0.1) is 9.78 Å². The lowest BCUT2D eigenvalue weighted by molar-refractivity contribution is -0.0269. The number of carbonyl (C=O) groups excluding carboxylic acids is 1. The largest absolute Gasteiger partial charge is 0.513 e. The summed E-state index contributed by atoms with van der Waals surface area (Å²) in [5.41, 5.74) is 0. The van der Waals surface area contributed by atoms with E-state index >= 15 is 0 Å². The lowest BCUT2D eigenvalue weighted by Gasteiger charge is -2.13. The minimum atomic E-state index is -1.45. The van der Waals surface area contributed by atoms with Gasteiger partial charge in [0, 0.05) is 6.08 Å². The Morgan fingerprint density at radius 1 is 1.50 bits per heavy atom. The first-order chi connectivity index (χ1) is 7.65. The van der Waals surface area contributed by atoms with Crippen molar-refractivity contribution in [1.29, 1.82) is 0 Å². The van der Waals surface area contributed by atoms with Crippen molar-refractivity contribution >= 4 is 6.16 Å². The molecule has 0 radical (unpaired) electrons. The van der Waals surface area contributed by atoms with E-state index in [4.69, 9.17) is 9.47 Å². The van der Waals surface area contributed by atoms with Crippen molar-refractivity contribution in [1.82, 2.24) is 0 Å². The van der Waals surface area contributed by atoms with Crippen molar-refractivity contribution < 1.29 is 24.0 Å². The van der Waals surface area contributed by atoms with Gasteiger partial charge in [0.1, 0.15) is 6.10 Å². The number of ether oxygens (including phenoxy) is 2. The Bertz CT molecular complexity index is 270. The second-order valence-electron chi connectivity index (χ2n) is 3.36. The van der Waals surface area contributed by atoms with Crippen molar-refractivity contribution in [3.8, 4) is 0 Å². The van der Waals surface area contributed by atoms with Crippen LogP contribution in [0.3, 0.4) is 0 Å². The summed E-state index contributed by atoms with van der Waals surface area (Å²) in [5, 5.41) is 0. The molecule has 0 aliphatic carbocycles. The van der Waals surface area contributed by atoms with Gasteiger partial charge in [-0.2, -0.15) is 0 Å². The molecule has 1 aliphatic rings. The maximum atomic E-state index is 11.3. The number of rotatable bonds is 7. The fourth-order valence-electron chi connectivity index (χ4n) is 1.08. The minimum absolute atomic E-state index is 0.354. The number of hydrogen-bond acceptors (Lipinski definition) is 5. The van der Waals surface area contributed by atoms with Gasteiger partial charge in [-0.1, -0.05) is 32.6 Å². The maximum absolute atomic E-state index is 11.3. The van der Waals surface area contributed by atoms with Gasteiger partial charge in [0.05, 0.1) is 0 Å². The van der Waals surface area contributed by atoms with Crippen LogP contribution in [0.25, 0.3) is 0 Å². The van der Waals surface area contributed by atoms with Crippen LogP contribution in [0.15, 0.2) is 25.3 Å². The second kappa shape index (κ2) is 5.67. The fraction of sp³-hybridized carbons (Fsp3) is 0.545. The zero-order valence-corrected chi connectivity index (χ0v) is 9.31. The topological polar surface area (TPSA) is 60.6 Å². The Balaban J connectivity index is 2.31. The van der Waals surface area contributed by atoms with Crippen molar-refractivity contribution in [2.24, 2.45) is 0 Å². The smallest absolute Gasteiger partial charge is 0.427 e. The predicted octanol–water partition coefficient (Wildman–Crippen LogP) is 2.69. The summed E-state index contributed by atoms with van der Waals surface area (Å²) < 4.78 is 9.73. The van der Waals surface area contributed by atoms with Crippen LogP contribution in [-0.4, -0.2) is 18.2 Å². The quantitative estimate of drug-likeness (QED) is 0.290. The van der Waals surface area contributed by atoms with Gasteiger partial charge in [-0.25, -0.2) is 4.79 Å². The molecular formula is C11H16O5. The molecule has 0 spiro atoms. The van der Waals surface area contributed by atoms with Gasteiger partial charge >= 0.3 is 12.1 Å². The predicted molar refractivity (Wildman–Crippen MR) is 56.2 cm³/mol. The van der Waals surface area contributed by atoms with E-state index in [1.54, 1.807) is 6.08 Å². The third-order valence-electron chi connectivity index (χ3n) is 2.08. The van der Waals surface area contributed by atoms with E-state index in [2.05, 4.69) is 29.9 Å². The highest BCUT2D eigenvalue weighted by molar-refractivity contribution is 5.61. The highest BCUT2D eigenvalue weighted by Crippen LogP contribution is 2.32. The molecule has 5 nitrogen and oxygen atoms in total. The summed E-state index contributed by atoms with van der Waals surface area (Å²) in [6.07, 6.45) is 4.26. The molecule has 1 aliphatic heterocycles. The van der Waals surface area contributed by atoms with E-state index in [-0.39, 0.29) is 6.10 Å². The summed E-state index contributed by atoms with van der Waals surface area (Å²) in [7, 11) is 0. The van der Waals surface area contributed by atoms with E-state index in [9.17, 15) is 4.79 Å². The lowest BCUT2D eigenvalue weighted by atomic mass is 10.1. The molecule has 0 N–H and O–H groups in total. The summed E-state index contributed by atoms with van der Waals surface area (Å²) in [6, 6.07) is 0. The zero-order valence-electron chi connectivity index (χ0n) is 9.31. The standard InChI is InChI=1S/C11H16O5/c1-4-7-8-9(5-2)13-10(12)14-11(6-3)15-16-11/h5-6,9H,2-4,7-8H2,1H3. The van der Waals surface area contributed by atoms with E-state index in [1.165, 1.54) is 6.08 Å². The van der Waals surface area contributed by atoms with E-state index in [1.807, 2.05) is 0 Å². The molecule has 0 aromatic heterocycles. The highest BCUT2D eigenvalue weighted by atomic mass is 17.5. The van der Waals surface area contributed by atoms with Crippen LogP contribution < -0.4 is 0 Å². The Hall–Kier alpha value is -1.33. The highest BCUT2D eigenvalue weighted by Gasteiger charge is 2.52. The third-order valence-corrected chi connectivity index (χ3v) is 2.08. The van der Waals surface area contributed by atoms with Gasteiger partial charge in [0.2, 0.25) is 0 Å². The average Bonchev–Trinajstić information content (AvgIpc) is 3.04. The summed E-state index contributed by atoms with van der Waals surface area (Å²) in [6.45, 7) is 9.03. The fourth-order valence-corrected chi connectivity index (χ4v) is 1.08. The Labute approximate surface area is 94.5 Å². The van der Waals surface area contributed by atoms with Crippen LogP contribution in [-0.2, 0) is 19.2 Å². The number of hydrogen-bond donors (Lipinski definition) is 0. The monoisotopic (exact) mass is 228 g/mol. The number of unbranched alkanes of at least 4 members (excludes halogenated alkanes) is 1. The van der Waals surface area contributed by atoms with Gasteiger partial charge in [0.25, 0.3) is 0 Å². The average molecular weight is 228 g/mol. The molecule has 1 heterocycles. The SMILES string of the molecule is C=CC(CCCC)OC(=O)OC1(C=C)OO1. The number of carbonyl (C=O) groups is 1. The molecule has 5 heteroatoms. The molecule has 1 saturated heterocycles. The second-order valence-corrected chi connectivity index (χ2v) is 3.36. The Kier molecular flexibility index (Phi) is 4.52. The molecule has 1 unspecified atom stereocenters. The minimum Gasteiger partial charge on any atom is -0.427 e. The summed E-state index contributed by atoms with van der Waals surface area (Å²) >= 11 is 0. The zero-order chi connectivity index (χ0) is 12.0. The summed E-state index contributed by atoms with van der Waals surface area (Å²) in [4.78, 5) is 20.2. The molecule has 16 heavy (non-hydrogen) atoms. The molecule has 0 amide bonds. The first-order valence-electron chi connectivity index (χ1n) is 5.18. The molecule has 0 bridgehead atoms. The molecule has 0 aromatic rings. The van der Waals surface area contributed by atoms with Gasteiger partial charge in [-0.05, 0) is 12.8 Å². The summed E-state index contributed by atoms with van der Waals surface area (Å²) in [5.74, 6) is -1.45. The molecular weight excluding hydrogens is 212 g/mol. The van der Waals surface area contributed by atoms with Crippen LogP contribution in [0.2, 0.25) is 0 Å². The molecule has 90 valence electrons. The van der Waals surface area contributed by atoms with E-state index < -0.39 is 12.1 Å². The van der Waals surface area contributed by atoms with Crippen LogP contribution in [0.4, 0.5) is 4.79 Å². The van der Waals surface area contributed by atoms with Crippen LogP contribution in [0.5, 0.6) is 0 Å². The maximum Gasteiger partial charge on any atom is 0.513 e. The molecule has 1 fully saturated rings. The van der Waals surface area contributed by atoms with Crippen LogP contribution in [0, 0.1) is 0 Å². The molecule has 1 rings (SSSR count). The van der Waals surface area contributed by atoms with Crippen molar-refractivity contribution in [3.63, 3.8) is 0 Å². The van der Waals surface area contributed by atoms with E-state index in [0.717, 1.165) is 19.3 Å². The van der Waals surface area contributed by atoms with Crippen molar-refractivity contribution in [3.05, 3.63) is 25.3 Å². The van der Waals surface area contributed by atoms with Crippen molar-refractivity contribution in [2.45, 2.75) is 38.3 Å². The van der Waals surface area contributed by atoms with Gasteiger partial charge in [-0.3, -0.25) is 0 Å². The Morgan fingerprint density at radius 3 is 2.62 bits per heavy atom. The molecule has 0 saturated carbocycles. The normalized spacial score (nSPS) is 18.3. The van der Waals surface area contributed by atoms with Crippen LogP contribution in [0.1, 0.15) is 26.2 Å². The molecule has 0 aromatic carbocycles. The first kappa shape index (κ1) is 12.7. The molecule has 1 atom stereocenters. The van der Waals surface area contributed by atoms with E-state index in [0.29, 0.717) is 0 Å². The van der Waals surface area contributed by atoms with Crippen LogP contribution >= 0.6 is 0 Å². The third kappa shape index (κ3) is 3.67.